The highest BCUT2D eigenvalue weighted by atomic mass is 16.8. The molecule has 0 aromatic rings. The van der Waals surface area contributed by atoms with E-state index in [4.69, 9.17) is 47.4 Å². The topological polar surface area (TPSA) is 494 Å². The van der Waals surface area contributed by atoms with Crippen LogP contribution in [-0.2, 0) is 52.2 Å². The van der Waals surface area contributed by atoms with Gasteiger partial charge in [-0.1, -0.05) is 52.7 Å². The van der Waals surface area contributed by atoms with Gasteiger partial charge in [0.05, 0.1) is 56.4 Å². The first-order chi connectivity index (χ1) is 43.0. The summed E-state index contributed by atoms with van der Waals surface area (Å²) in [6.45, 7) is 11.4. The molecule has 4 aliphatic carbocycles. The Balaban J connectivity index is 0.921. The van der Waals surface area contributed by atoms with Gasteiger partial charge in [-0.25, -0.2) is 0 Å². The summed E-state index contributed by atoms with van der Waals surface area (Å²) in [5, 5.41) is 205. The maximum atomic E-state index is 15.6. The first-order valence-corrected chi connectivity index (χ1v) is 32.5. The van der Waals surface area contributed by atoms with E-state index in [0.29, 0.717) is 44.9 Å². The molecule has 0 spiro atoms. The number of hydrogen-bond donors (Lipinski definition) is 19. The van der Waals surface area contributed by atoms with E-state index in [0.717, 1.165) is 5.57 Å². The normalized spacial score (nSPS) is 51.1. The molecule has 0 unspecified atom stereocenters. The molecule has 5 heterocycles. The van der Waals surface area contributed by atoms with Crippen molar-refractivity contribution in [2.45, 2.75) is 297 Å². The van der Waals surface area contributed by atoms with Gasteiger partial charge in [-0.3, -0.25) is 4.79 Å². The molecule has 30 nitrogen and oxygen atoms in total. The molecule has 8 fully saturated rings. The van der Waals surface area contributed by atoms with E-state index < -0.39 is 238 Å². The molecule has 5 saturated heterocycles. The van der Waals surface area contributed by atoms with Gasteiger partial charge >= 0.3 is 0 Å². The number of ketones is 1. The molecule has 3 saturated carbocycles. The summed E-state index contributed by atoms with van der Waals surface area (Å²) in [6.07, 6.45) is -38.6. The van der Waals surface area contributed by atoms with Crippen molar-refractivity contribution in [1.82, 2.24) is 0 Å². The van der Waals surface area contributed by atoms with Crippen molar-refractivity contribution in [3.05, 3.63) is 11.6 Å². The van der Waals surface area contributed by atoms with Crippen LogP contribution < -0.4 is 0 Å². The average molecular weight is 1330 g/mol. The lowest BCUT2D eigenvalue weighted by Crippen LogP contribution is -2.66. The van der Waals surface area contributed by atoms with Crippen molar-refractivity contribution in [1.29, 1.82) is 0 Å². The van der Waals surface area contributed by atoms with Crippen molar-refractivity contribution < 1.29 is 149 Å². The van der Waals surface area contributed by atoms with E-state index in [9.17, 15) is 97.0 Å². The number of allylic oxidation sites excluding steroid dienone is 1. The standard InChI is InChI=1S/C62H104O30/c1-9-16-58(4)25-10-12-33-59(5)17-14-32(61(7,82)18-15-35(57(2,3)81)90-54-49(79)45(75)40(70)30(88-54)23-83-52-47(77)42(72)37(67)27(20-63)85-52)60(59,6)19-34(66)62(33,8)26(25)11-13-36(58)91-56-51(92-55-50(80)44(74)39(69)29(22-65)87-55)46(76)41(71)31(89-56)24-84-53-48(78)43(73)38(68)28(21-64)86-53/h10,26-33,35-56,63-65,67-82H,9,11-24H2,1-8H3/t26-,27-,28-,29-,30-,31-,32+,33+,35-,36+,37-,38-,39-,40-,41-,42+,43+,44+,45+,46+,47-,48-,49-,50-,51-,52-,53-,54+,55+,56+,58+,59+,60-,61+,62+/m1/s1. The Bertz CT molecular complexity index is 2480. The third-order valence-electron chi connectivity index (χ3n) is 23.2. The summed E-state index contributed by atoms with van der Waals surface area (Å²) in [4.78, 5) is 15.6. The van der Waals surface area contributed by atoms with E-state index >= 15 is 4.79 Å². The van der Waals surface area contributed by atoms with Crippen molar-refractivity contribution in [2.75, 3.05) is 33.0 Å². The Morgan fingerprint density at radius 2 is 1.01 bits per heavy atom. The number of carbonyl (C=O) groups excluding carboxylic acids is 1. The number of hydrogen-bond acceptors (Lipinski definition) is 30. The highest BCUT2D eigenvalue weighted by molar-refractivity contribution is 5.88. The maximum Gasteiger partial charge on any atom is 0.187 e. The lowest BCUT2D eigenvalue weighted by molar-refractivity contribution is -0.379. The van der Waals surface area contributed by atoms with Crippen LogP contribution in [0, 0.1) is 39.4 Å². The average Bonchev–Trinajstić information content (AvgIpc) is 1.32. The minimum Gasteiger partial charge on any atom is -0.394 e. The second-order valence-electron chi connectivity index (χ2n) is 29.3. The molecule has 0 aromatic heterocycles. The number of rotatable bonds is 22. The third kappa shape index (κ3) is 13.4. The van der Waals surface area contributed by atoms with Gasteiger partial charge in [0.1, 0.15) is 128 Å². The van der Waals surface area contributed by atoms with Crippen LogP contribution >= 0.6 is 0 Å². The van der Waals surface area contributed by atoms with Crippen LogP contribution in [0.15, 0.2) is 11.6 Å². The van der Waals surface area contributed by atoms with Gasteiger partial charge in [0.2, 0.25) is 0 Å². The van der Waals surface area contributed by atoms with Crippen molar-refractivity contribution >= 4 is 5.78 Å². The Morgan fingerprint density at radius 1 is 0.554 bits per heavy atom. The van der Waals surface area contributed by atoms with Gasteiger partial charge in [0.15, 0.2) is 31.5 Å². The van der Waals surface area contributed by atoms with E-state index in [1.807, 2.05) is 20.8 Å². The predicted molar refractivity (Wildman–Crippen MR) is 310 cm³/mol. The minimum absolute atomic E-state index is 0.0221. The van der Waals surface area contributed by atoms with Gasteiger partial charge in [0.25, 0.3) is 0 Å². The predicted octanol–water partition coefficient (Wildman–Crippen LogP) is -5.30. The molecule has 92 heavy (non-hydrogen) atoms. The molecule has 9 aliphatic rings. The Labute approximate surface area is 534 Å². The van der Waals surface area contributed by atoms with Crippen LogP contribution in [0.25, 0.3) is 0 Å². The monoisotopic (exact) mass is 1330 g/mol. The van der Waals surface area contributed by atoms with E-state index in [2.05, 4.69) is 19.9 Å². The van der Waals surface area contributed by atoms with Crippen LogP contribution in [0.1, 0.15) is 120 Å². The van der Waals surface area contributed by atoms with Crippen molar-refractivity contribution in [3.63, 3.8) is 0 Å². The van der Waals surface area contributed by atoms with E-state index in [-0.39, 0.29) is 36.9 Å². The molecule has 0 bridgehead atoms. The highest BCUT2D eigenvalue weighted by Crippen LogP contribution is 2.75. The second-order valence-corrected chi connectivity index (χ2v) is 29.3. The molecule has 35 atom stereocenters. The molecular formula is C62H104O30. The number of carbonyl (C=O) groups is 1. The number of aliphatic hydroxyl groups is 19. The summed E-state index contributed by atoms with van der Waals surface area (Å²) in [5.41, 5.74) is -5.21. The SMILES string of the molecule is CCC[C@@]1(C)C2=CC[C@@H]3[C@@](C)(C(=O)C[C@]4(C)[C@@H]([C@@](C)(O)CC[C@@H](O[C@@H]5O[C@H](CO[C@@H]6O[C@H](CO)[C@@H](O)[C@H](O)[C@H]6O)[C@@H](O)[C@H](O)[C@H]5O)C(C)(C)O)CC[C@@]34C)[C@@H]2CC[C@@H]1O[C@@H]1O[C@H](CO[C@@H]2O[C@H](CO)[C@@H](O)[C@H](O)[C@H]2O)[C@@H](O)[C@H](O)[C@H]1O[C@@H]1O[C@H](CO)[C@@H](O)[C@H](O)[C@H]1O. The summed E-state index contributed by atoms with van der Waals surface area (Å²) >= 11 is 0. The zero-order chi connectivity index (χ0) is 67.9. The molecule has 19 N–H and O–H groups in total. The minimum atomic E-state index is -1.94. The van der Waals surface area contributed by atoms with Gasteiger partial charge < -0.3 is 144 Å². The summed E-state index contributed by atoms with van der Waals surface area (Å²) in [7, 11) is 0. The van der Waals surface area contributed by atoms with E-state index in [1.165, 1.54) is 13.8 Å². The third-order valence-corrected chi connectivity index (χ3v) is 23.2. The van der Waals surface area contributed by atoms with Gasteiger partial charge in [0, 0.05) is 17.3 Å². The van der Waals surface area contributed by atoms with Crippen LogP contribution in [0.4, 0.5) is 0 Å². The Kier molecular flexibility index (Phi) is 23.0. The fourth-order valence-corrected chi connectivity index (χ4v) is 17.4. The fraction of sp³-hybridized carbons (Fsp3) is 0.952. The molecular weight excluding hydrogens is 1220 g/mol. The molecule has 0 radical (unpaired) electrons. The summed E-state index contributed by atoms with van der Waals surface area (Å²) in [5.74, 6) is -0.946. The zero-order valence-electron chi connectivity index (χ0n) is 53.5. The van der Waals surface area contributed by atoms with Gasteiger partial charge in [-0.05, 0) is 101 Å². The molecule has 532 valence electrons. The maximum absolute atomic E-state index is 15.6. The first kappa shape index (κ1) is 74.5. The lowest BCUT2D eigenvalue weighted by Gasteiger charge is -2.65. The van der Waals surface area contributed by atoms with Crippen LogP contribution in [0.2, 0.25) is 0 Å². The fourth-order valence-electron chi connectivity index (χ4n) is 17.4. The van der Waals surface area contributed by atoms with E-state index in [1.54, 1.807) is 6.92 Å². The summed E-state index contributed by atoms with van der Waals surface area (Å²) < 4.78 is 59.6. The lowest BCUT2D eigenvalue weighted by atomic mass is 9.38. The molecule has 5 aliphatic heterocycles. The molecule has 0 amide bonds. The van der Waals surface area contributed by atoms with Gasteiger partial charge in [-0.2, -0.15) is 0 Å². The van der Waals surface area contributed by atoms with Crippen molar-refractivity contribution in [2.24, 2.45) is 39.4 Å². The number of aliphatic hydroxyl groups excluding tert-OH is 17. The second kappa shape index (κ2) is 28.5. The van der Waals surface area contributed by atoms with Crippen LogP contribution in [0.3, 0.4) is 0 Å². The first-order valence-electron chi connectivity index (χ1n) is 32.5. The molecule has 30 heteroatoms. The highest BCUT2D eigenvalue weighted by Gasteiger charge is 2.72. The zero-order valence-corrected chi connectivity index (χ0v) is 53.5. The van der Waals surface area contributed by atoms with Crippen molar-refractivity contribution in [3.8, 4) is 0 Å². The number of ether oxygens (including phenoxy) is 10. The Hall–Kier alpha value is -1.75. The molecule has 9 rings (SSSR count). The van der Waals surface area contributed by atoms with Crippen LogP contribution in [0.5, 0.6) is 0 Å². The number of fused-ring (bicyclic) bond motifs is 5. The quantitative estimate of drug-likeness (QED) is 0.0450. The Morgan fingerprint density at radius 3 is 1.51 bits per heavy atom. The van der Waals surface area contributed by atoms with Crippen LogP contribution in [-0.4, -0.2) is 313 Å². The smallest absolute Gasteiger partial charge is 0.187 e. The largest absolute Gasteiger partial charge is 0.394 e. The molecule has 0 aromatic carbocycles. The number of Topliss-reactive ketones (excluding diaryl/α,β-unsaturated/α-hetero) is 1. The summed E-state index contributed by atoms with van der Waals surface area (Å²) in [6, 6.07) is 0. The van der Waals surface area contributed by atoms with Gasteiger partial charge in [-0.15, -0.1) is 0 Å².